The van der Waals surface area contributed by atoms with Gasteiger partial charge in [0.2, 0.25) is 5.91 Å². The molecule has 3 aliphatic rings. The van der Waals surface area contributed by atoms with Crippen molar-refractivity contribution >= 4 is 17.6 Å². The first-order chi connectivity index (χ1) is 12.1. The minimum absolute atomic E-state index is 0.0708. The number of hydrogen-bond acceptors (Lipinski definition) is 5. The van der Waals surface area contributed by atoms with Gasteiger partial charge in [-0.05, 0) is 44.2 Å². The Morgan fingerprint density at radius 2 is 2.24 bits per heavy atom. The van der Waals surface area contributed by atoms with Gasteiger partial charge in [0.1, 0.15) is 5.82 Å². The van der Waals surface area contributed by atoms with E-state index in [1.807, 2.05) is 4.90 Å². The van der Waals surface area contributed by atoms with E-state index in [4.69, 9.17) is 0 Å². The lowest BCUT2D eigenvalue weighted by Crippen LogP contribution is -2.61. The van der Waals surface area contributed by atoms with Crippen molar-refractivity contribution in [3.8, 4) is 0 Å². The van der Waals surface area contributed by atoms with Crippen LogP contribution in [-0.4, -0.2) is 53.7 Å². The van der Waals surface area contributed by atoms with Gasteiger partial charge in [0.05, 0.1) is 11.5 Å². The summed E-state index contributed by atoms with van der Waals surface area (Å²) in [4.78, 5) is 31.2. The van der Waals surface area contributed by atoms with E-state index in [1.165, 1.54) is 0 Å². The molecule has 3 fully saturated rings. The molecule has 7 heteroatoms. The number of amides is 2. The fraction of sp³-hybridized carbons (Fsp3) is 0.611. The van der Waals surface area contributed by atoms with Gasteiger partial charge in [0.15, 0.2) is 0 Å². The molecule has 0 aromatic carbocycles. The van der Waals surface area contributed by atoms with Crippen LogP contribution in [0.25, 0.3) is 0 Å². The summed E-state index contributed by atoms with van der Waals surface area (Å²) in [6.07, 6.45) is 5.16. The molecule has 134 valence electrons. The van der Waals surface area contributed by atoms with Crippen LogP contribution in [0.3, 0.4) is 0 Å². The van der Waals surface area contributed by atoms with Gasteiger partial charge in [-0.2, -0.15) is 0 Å². The molecule has 2 aliphatic heterocycles. The molecule has 4 rings (SSSR count). The van der Waals surface area contributed by atoms with Crippen LogP contribution in [0.2, 0.25) is 0 Å². The maximum Gasteiger partial charge on any atom is 0.251 e. The fourth-order valence-corrected chi connectivity index (χ4v) is 3.87. The van der Waals surface area contributed by atoms with Gasteiger partial charge >= 0.3 is 0 Å². The molecule has 2 saturated heterocycles. The third-order valence-electron chi connectivity index (χ3n) is 5.57. The molecule has 0 unspecified atom stereocenters. The number of nitrogens with one attached hydrogen (secondary N) is 2. The molecule has 1 spiro atoms. The summed E-state index contributed by atoms with van der Waals surface area (Å²) in [6.45, 7) is 1.72. The van der Waals surface area contributed by atoms with Gasteiger partial charge in [-0.15, -0.1) is 0 Å². The highest BCUT2D eigenvalue weighted by Crippen LogP contribution is 2.38. The Bertz CT molecular complexity index is 691. The number of hydrogen-bond donors (Lipinski definition) is 3. The summed E-state index contributed by atoms with van der Waals surface area (Å²) in [7, 11) is 0. The third kappa shape index (κ3) is 3.08. The number of aliphatic hydroxyl groups is 1. The lowest BCUT2D eigenvalue weighted by atomic mass is 9.71. The predicted octanol–water partition coefficient (Wildman–Crippen LogP) is 0.441. The number of rotatable bonds is 3. The number of pyridine rings is 1. The number of piperidine rings is 2. The van der Waals surface area contributed by atoms with Crippen molar-refractivity contribution in [1.82, 2.24) is 15.6 Å². The second-order valence-electron chi connectivity index (χ2n) is 7.39. The number of anilines is 1. The lowest BCUT2D eigenvalue weighted by Gasteiger charge is -2.47. The molecule has 1 saturated carbocycles. The van der Waals surface area contributed by atoms with Crippen LogP contribution < -0.4 is 15.5 Å². The van der Waals surface area contributed by atoms with E-state index in [1.54, 1.807) is 18.3 Å². The van der Waals surface area contributed by atoms with E-state index < -0.39 is 11.5 Å². The molecule has 0 bridgehead atoms. The molecule has 3 N–H and O–H groups in total. The number of nitrogens with zero attached hydrogens (tertiary/aromatic N) is 2. The van der Waals surface area contributed by atoms with Crippen molar-refractivity contribution in [2.45, 2.75) is 44.2 Å². The van der Waals surface area contributed by atoms with Gasteiger partial charge < -0.3 is 20.6 Å². The molecule has 0 radical (unpaired) electrons. The molecule has 3 heterocycles. The minimum Gasteiger partial charge on any atom is -0.392 e. The predicted molar refractivity (Wildman–Crippen MR) is 92.2 cm³/mol. The SMILES string of the molecule is O=C(NC1CC1)c1ccnc(N2CC[C@H](O)[C@@]3(CCCNC3=O)C2)c1. The highest BCUT2D eigenvalue weighted by atomic mass is 16.3. The second kappa shape index (κ2) is 6.29. The standard InChI is InChI=1S/C18H24N4O3/c23-14-5-9-22(11-18(14)6-1-7-20-17(18)25)15-10-12(4-8-19-15)16(24)21-13-2-3-13/h4,8,10,13-14,23H,1-3,5-7,9,11H2,(H,20,25)(H,21,24)/t14-,18+/m0/s1. The second-order valence-corrected chi connectivity index (χ2v) is 7.39. The Labute approximate surface area is 146 Å². The van der Waals surface area contributed by atoms with Gasteiger partial charge in [-0.1, -0.05) is 0 Å². The summed E-state index contributed by atoms with van der Waals surface area (Å²) in [5.41, 5.74) is -0.185. The largest absolute Gasteiger partial charge is 0.392 e. The zero-order valence-corrected chi connectivity index (χ0v) is 14.2. The zero-order chi connectivity index (χ0) is 17.4. The van der Waals surface area contributed by atoms with Crippen molar-refractivity contribution in [1.29, 1.82) is 0 Å². The highest BCUT2D eigenvalue weighted by molar-refractivity contribution is 5.95. The Kier molecular flexibility index (Phi) is 4.11. The smallest absolute Gasteiger partial charge is 0.251 e. The summed E-state index contributed by atoms with van der Waals surface area (Å²) in [5, 5.41) is 16.4. The summed E-state index contributed by atoms with van der Waals surface area (Å²) < 4.78 is 0. The van der Waals surface area contributed by atoms with Crippen LogP contribution in [0, 0.1) is 5.41 Å². The van der Waals surface area contributed by atoms with Gasteiger partial charge in [0.25, 0.3) is 5.91 Å². The third-order valence-corrected chi connectivity index (χ3v) is 5.57. The Morgan fingerprint density at radius 1 is 1.40 bits per heavy atom. The molecule has 1 aromatic heterocycles. The first-order valence-corrected chi connectivity index (χ1v) is 9.07. The topological polar surface area (TPSA) is 94.6 Å². The minimum atomic E-state index is -0.773. The van der Waals surface area contributed by atoms with Gasteiger partial charge in [0, 0.05) is 37.4 Å². The van der Waals surface area contributed by atoms with E-state index in [-0.39, 0.29) is 11.8 Å². The normalized spacial score (nSPS) is 29.4. The summed E-state index contributed by atoms with van der Waals surface area (Å²) in [6, 6.07) is 3.80. The van der Waals surface area contributed by atoms with Crippen LogP contribution in [0.4, 0.5) is 5.82 Å². The molecule has 2 atom stereocenters. The first-order valence-electron chi connectivity index (χ1n) is 9.07. The van der Waals surface area contributed by atoms with Crippen LogP contribution in [0.1, 0.15) is 42.5 Å². The van der Waals surface area contributed by atoms with Gasteiger partial charge in [-0.3, -0.25) is 9.59 Å². The average molecular weight is 344 g/mol. The zero-order valence-electron chi connectivity index (χ0n) is 14.2. The maximum atomic E-state index is 12.5. The Hall–Kier alpha value is -2.15. The Morgan fingerprint density at radius 3 is 3.00 bits per heavy atom. The van der Waals surface area contributed by atoms with Crippen LogP contribution in [-0.2, 0) is 4.79 Å². The van der Waals surface area contributed by atoms with Crippen molar-refractivity contribution in [3.63, 3.8) is 0 Å². The van der Waals surface area contributed by atoms with E-state index in [9.17, 15) is 14.7 Å². The van der Waals surface area contributed by atoms with Crippen molar-refractivity contribution in [2.24, 2.45) is 5.41 Å². The Balaban J connectivity index is 1.55. The van der Waals surface area contributed by atoms with Gasteiger partial charge in [-0.25, -0.2) is 4.98 Å². The molecule has 25 heavy (non-hydrogen) atoms. The molecule has 1 aromatic rings. The van der Waals surface area contributed by atoms with Crippen molar-refractivity contribution in [2.75, 3.05) is 24.5 Å². The average Bonchev–Trinajstić information content (AvgIpc) is 3.44. The lowest BCUT2D eigenvalue weighted by molar-refractivity contribution is -0.142. The quantitative estimate of drug-likeness (QED) is 0.740. The first kappa shape index (κ1) is 16.3. The van der Waals surface area contributed by atoms with Crippen LogP contribution in [0.15, 0.2) is 18.3 Å². The fourth-order valence-electron chi connectivity index (χ4n) is 3.87. The van der Waals surface area contributed by atoms with E-state index in [0.29, 0.717) is 49.9 Å². The van der Waals surface area contributed by atoms with Crippen molar-refractivity contribution < 1.29 is 14.7 Å². The number of aromatic nitrogens is 1. The molecular formula is C18H24N4O3. The van der Waals surface area contributed by atoms with Crippen LogP contribution >= 0.6 is 0 Å². The molecule has 1 aliphatic carbocycles. The number of carbonyl (C=O) groups is 2. The van der Waals surface area contributed by atoms with E-state index >= 15 is 0 Å². The summed E-state index contributed by atoms with van der Waals surface area (Å²) in [5.74, 6) is 0.542. The van der Waals surface area contributed by atoms with E-state index in [0.717, 1.165) is 19.3 Å². The highest BCUT2D eigenvalue weighted by Gasteiger charge is 2.50. The molecule has 2 amide bonds. The number of aliphatic hydroxyl groups excluding tert-OH is 1. The molecule has 7 nitrogen and oxygen atoms in total. The maximum absolute atomic E-state index is 12.5. The van der Waals surface area contributed by atoms with Crippen molar-refractivity contribution in [3.05, 3.63) is 23.9 Å². The van der Waals surface area contributed by atoms with Crippen LogP contribution in [0.5, 0.6) is 0 Å². The molecular weight excluding hydrogens is 320 g/mol. The van der Waals surface area contributed by atoms with E-state index in [2.05, 4.69) is 15.6 Å². The summed E-state index contributed by atoms with van der Waals surface area (Å²) >= 11 is 0. The monoisotopic (exact) mass is 344 g/mol. The number of carbonyl (C=O) groups excluding carboxylic acids is 2.